The maximum Gasteiger partial charge on any atom is 0.126 e. The SMILES string of the molecule is COc1ccccc1/C=C/C1=NN(c2cccc(Cl)c2)[C@H](c2ccccc2OC)C1. The fourth-order valence-electron chi connectivity index (χ4n) is 3.66. The van der Waals surface area contributed by atoms with Gasteiger partial charge in [-0.2, -0.15) is 5.10 Å². The zero-order valence-electron chi connectivity index (χ0n) is 17.0. The molecule has 4 nitrogen and oxygen atoms in total. The first-order valence-corrected chi connectivity index (χ1v) is 10.1. The highest BCUT2D eigenvalue weighted by Crippen LogP contribution is 2.40. The number of benzene rings is 3. The molecule has 0 fully saturated rings. The van der Waals surface area contributed by atoms with Gasteiger partial charge in [-0.15, -0.1) is 0 Å². The van der Waals surface area contributed by atoms with Gasteiger partial charge in [-0.1, -0.05) is 54.1 Å². The van der Waals surface area contributed by atoms with Crippen molar-refractivity contribution >= 4 is 29.1 Å². The Balaban J connectivity index is 1.71. The van der Waals surface area contributed by atoms with Gasteiger partial charge in [-0.25, -0.2) is 0 Å². The molecule has 0 N–H and O–H groups in total. The fraction of sp³-hybridized carbons (Fsp3) is 0.160. The minimum atomic E-state index is 0.0111. The lowest BCUT2D eigenvalue weighted by Gasteiger charge is -2.25. The fourth-order valence-corrected chi connectivity index (χ4v) is 3.85. The summed E-state index contributed by atoms with van der Waals surface area (Å²) < 4.78 is 11.1. The number of halogens is 1. The average molecular weight is 419 g/mol. The number of hydrogen-bond donors (Lipinski definition) is 0. The van der Waals surface area contributed by atoms with Crippen LogP contribution < -0.4 is 14.5 Å². The molecule has 1 atom stereocenters. The molecule has 152 valence electrons. The van der Waals surface area contributed by atoms with Crippen molar-refractivity contribution < 1.29 is 9.47 Å². The second-order valence-electron chi connectivity index (χ2n) is 6.95. The quantitative estimate of drug-likeness (QED) is 0.466. The Morgan fingerprint density at radius 3 is 2.40 bits per heavy atom. The summed E-state index contributed by atoms with van der Waals surface area (Å²) in [5, 5.41) is 7.61. The summed E-state index contributed by atoms with van der Waals surface area (Å²) in [6.45, 7) is 0. The number of allylic oxidation sites excluding steroid dienone is 1. The molecule has 0 spiro atoms. The van der Waals surface area contributed by atoms with Gasteiger partial charge in [0, 0.05) is 22.6 Å². The molecule has 3 aromatic carbocycles. The van der Waals surface area contributed by atoms with Crippen molar-refractivity contribution in [1.29, 1.82) is 0 Å². The standard InChI is InChI=1S/C25H23ClN2O2/c1-29-24-12-5-3-8-18(24)14-15-20-17-23(22-11-4-6-13-25(22)30-2)28(27-20)21-10-7-9-19(26)16-21/h3-16,23H,17H2,1-2H3/b15-14+/t23-/m0/s1. The topological polar surface area (TPSA) is 34.1 Å². The number of anilines is 1. The monoisotopic (exact) mass is 418 g/mol. The van der Waals surface area contributed by atoms with Crippen molar-refractivity contribution in [2.24, 2.45) is 5.10 Å². The van der Waals surface area contributed by atoms with E-state index in [1.807, 2.05) is 83.9 Å². The lowest BCUT2D eigenvalue weighted by Crippen LogP contribution is -2.19. The van der Waals surface area contributed by atoms with Gasteiger partial charge in [0.2, 0.25) is 0 Å². The number of methoxy groups -OCH3 is 2. The molecule has 0 saturated heterocycles. The van der Waals surface area contributed by atoms with Gasteiger partial charge in [0.15, 0.2) is 0 Å². The second kappa shape index (κ2) is 9.06. The van der Waals surface area contributed by atoms with Crippen LogP contribution in [0.2, 0.25) is 5.02 Å². The highest BCUT2D eigenvalue weighted by atomic mass is 35.5. The van der Waals surface area contributed by atoms with Crippen molar-refractivity contribution in [1.82, 2.24) is 0 Å². The molecule has 0 aliphatic carbocycles. The Morgan fingerprint density at radius 1 is 0.900 bits per heavy atom. The summed E-state index contributed by atoms with van der Waals surface area (Å²) >= 11 is 6.26. The van der Waals surface area contributed by atoms with E-state index in [4.69, 9.17) is 26.2 Å². The van der Waals surface area contributed by atoms with E-state index in [9.17, 15) is 0 Å². The number of rotatable bonds is 6. The van der Waals surface area contributed by atoms with Crippen molar-refractivity contribution in [3.05, 3.63) is 95.0 Å². The Bertz CT molecular complexity index is 1090. The maximum atomic E-state index is 6.26. The van der Waals surface area contributed by atoms with Gasteiger partial charge < -0.3 is 9.47 Å². The Hall–Kier alpha value is -3.24. The third-order valence-electron chi connectivity index (χ3n) is 5.10. The van der Waals surface area contributed by atoms with Crippen LogP contribution >= 0.6 is 11.6 Å². The third kappa shape index (κ3) is 4.19. The van der Waals surface area contributed by atoms with Crippen LogP contribution in [0.5, 0.6) is 11.5 Å². The van der Waals surface area contributed by atoms with Crippen molar-refractivity contribution in [3.8, 4) is 11.5 Å². The van der Waals surface area contributed by atoms with E-state index in [-0.39, 0.29) is 6.04 Å². The highest BCUT2D eigenvalue weighted by Gasteiger charge is 2.30. The van der Waals surface area contributed by atoms with E-state index < -0.39 is 0 Å². The summed E-state index contributed by atoms with van der Waals surface area (Å²) in [6.07, 6.45) is 4.84. The van der Waals surface area contributed by atoms with Crippen LogP contribution in [0.1, 0.15) is 23.6 Å². The average Bonchev–Trinajstić information content (AvgIpc) is 3.22. The molecule has 0 aromatic heterocycles. The van der Waals surface area contributed by atoms with Crippen molar-refractivity contribution in [2.75, 3.05) is 19.2 Å². The molecule has 0 amide bonds. The summed E-state index contributed by atoms with van der Waals surface area (Å²) in [7, 11) is 3.37. The summed E-state index contributed by atoms with van der Waals surface area (Å²) in [4.78, 5) is 0. The molecule has 30 heavy (non-hydrogen) atoms. The predicted octanol–water partition coefficient (Wildman–Crippen LogP) is 6.38. The van der Waals surface area contributed by atoms with E-state index >= 15 is 0 Å². The molecule has 5 heteroatoms. The largest absolute Gasteiger partial charge is 0.496 e. The van der Waals surface area contributed by atoms with Gasteiger partial charge in [0.05, 0.1) is 31.7 Å². The summed E-state index contributed by atoms with van der Waals surface area (Å²) in [6, 6.07) is 23.8. The predicted molar refractivity (Wildman–Crippen MR) is 124 cm³/mol. The Labute approximate surface area is 182 Å². The first-order valence-electron chi connectivity index (χ1n) is 9.76. The molecular formula is C25H23ClN2O2. The Morgan fingerprint density at radius 2 is 1.63 bits per heavy atom. The zero-order chi connectivity index (χ0) is 20.9. The number of hydrogen-bond acceptors (Lipinski definition) is 4. The molecule has 0 unspecified atom stereocenters. The molecule has 0 radical (unpaired) electrons. The molecule has 0 bridgehead atoms. The van der Waals surface area contributed by atoms with Crippen LogP contribution in [0.3, 0.4) is 0 Å². The molecule has 1 aliphatic rings. The molecular weight excluding hydrogens is 396 g/mol. The van der Waals surface area contributed by atoms with E-state index in [0.717, 1.165) is 40.4 Å². The van der Waals surface area contributed by atoms with Crippen LogP contribution in [0.15, 0.2) is 84.0 Å². The molecule has 1 aliphatic heterocycles. The minimum absolute atomic E-state index is 0.0111. The van der Waals surface area contributed by atoms with Crippen molar-refractivity contribution in [2.45, 2.75) is 12.5 Å². The lowest BCUT2D eigenvalue weighted by atomic mass is 9.99. The van der Waals surface area contributed by atoms with Gasteiger partial charge in [-0.05, 0) is 42.5 Å². The number of hydrazone groups is 1. The van der Waals surface area contributed by atoms with Crippen LogP contribution in [0.4, 0.5) is 5.69 Å². The molecule has 4 rings (SSSR count). The van der Waals surface area contributed by atoms with Gasteiger partial charge >= 0.3 is 0 Å². The lowest BCUT2D eigenvalue weighted by molar-refractivity contribution is 0.405. The normalized spacial score (nSPS) is 16.0. The van der Waals surface area contributed by atoms with E-state index in [1.165, 1.54) is 0 Å². The zero-order valence-corrected chi connectivity index (χ0v) is 17.7. The first-order chi connectivity index (χ1) is 14.7. The number of nitrogens with zero attached hydrogens (tertiary/aromatic N) is 2. The van der Waals surface area contributed by atoms with E-state index in [2.05, 4.69) is 6.07 Å². The molecule has 0 saturated carbocycles. The Kier molecular flexibility index (Phi) is 6.05. The smallest absolute Gasteiger partial charge is 0.126 e. The minimum Gasteiger partial charge on any atom is -0.496 e. The van der Waals surface area contributed by atoms with Crippen LogP contribution in [0.25, 0.3) is 6.08 Å². The van der Waals surface area contributed by atoms with Gasteiger partial charge in [-0.3, -0.25) is 5.01 Å². The van der Waals surface area contributed by atoms with Crippen LogP contribution in [-0.4, -0.2) is 19.9 Å². The van der Waals surface area contributed by atoms with Crippen molar-refractivity contribution in [3.63, 3.8) is 0 Å². The summed E-state index contributed by atoms with van der Waals surface area (Å²) in [5.41, 5.74) is 4.01. The van der Waals surface area contributed by atoms with Gasteiger partial charge in [0.1, 0.15) is 11.5 Å². The summed E-state index contributed by atoms with van der Waals surface area (Å²) in [5.74, 6) is 1.68. The third-order valence-corrected chi connectivity index (χ3v) is 5.33. The van der Waals surface area contributed by atoms with Crippen LogP contribution in [-0.2, 0) is 0 Å². The second-order valence-corrected chi connectivity index (χ2v) is 7.39. The van der Waals surface area contributed by atoms with Gasteiger partial charge in [0.25, 0.3) is 0 Å². The molecule has 3 aromatic rings. The molecule has 1 heterocycles. The maximum absolute atomic E-state index is 6.26. The highest BCUT2D eigenvalue weighted by molar-refractivity contribution is 6.30. The van der Waals surface area contributed by atoms with Crippen LogP contribution in [0, 0.1) is 0 Å². The number of ether oxygens (including phenoxy) is 2. The number of para-hydroxylation sites is 2. The van der Waals surface area contributed by atoms with E-state index in [0.29, 0.717) is 5.02 Å². The van der Waals surface area contributed by atoms with E-state index in [1.54, 1.807) is 14.2 Å². The first kappa shape index (κ1) is 20.0.